The molecule has 10 nitrogen and oxygen atoms in total. The van der Waals surface area contributed by atoms with Gasteiger partial charge in [-0.1, -0.05) is 6.07 Å². The first-order valence-electron chi connectivity index (χ1n) is 9.07. The summed E-state index contributed by atoms with van der Waals surface area (Å²) in [7, 11) is 1.52. The van der Waals surface area contributed by atoms with E-state index in [1.807, 2.05) is 0 Å². The predicted molar refractivity (Wildman–Crippen MR) is 109 cm³/mol. The number of rotatable bonds is 8. The molecule has 3 rings (SSSR count). The molecule has 30 heavy (non-hydrogen) atoms. The van der Waals surface area contributed by atoms with Gasteiger partial charge in [-0.3, -0.25) is 19.3 Å². The molecule has 0 amide bonds. The zero-order chi connectivity index (χ0) is 21.7. The number of nitrogens with one attached hydrogen (secondary N) is 1. The number of carbonyl (C=O) groups excluding carboxylic acids is 1. The molecular formula is C20H20N4O6. The zero-order valence-electron chi connectivity index (χ0n) is 16.5. The van der Waals surface area contributed by atoms with Crippen LogP contribution in [0.15, 0.2) is 47.3 Å². The van der Waals surface area contributed by atoms with Crippen LogP contribution < -0.4 is 10.9 Å². The van der Waals surface area contributed by atoms with Crippen molar-refractivity contribution in [2.24, 2.45) is 0 Å². The van der Waals surface area contributed by atoms with Crippen molar-refractivity contribution >= 4 is 23.0 Å². The SMILES string of the molecule is COCCNc1ccc(C(=O)OCc2cc(=O)n3c(C)cccc3n2)cc1[N+](=O)[O-]. The van der Waals surface area contributed by atoms with Crippen LogP contribution in [-0.4, -0.2) is 40.5 Å². The summed E-state index contributed by atoms with van der Waals surface area (Å²) >= 11 is 0. The number of hydrogen-bond donors (Lipinski definition) is 1. The van der Waals surface area contributed by atoms with Crippen LogP contribution in [0.5, 0.6) is 0 Å². The number of hydrogen-bond acceptors (Lipinski definition) is 8. The Kier molecular flexibility index (Phi) is 6.38. The second kappa shape index (κ2) is 9.14. The van der Waals surface area contributed by atoms with Gasteiger partial charge < -0.3 is 14.8 Å². The zero-order valence-corrected chi connectivity index (χ0v) is 16.5. The highest BCUT2D eigenvalue weighted by atomic mass is 16.6. The number of nitro groups is 1. The Morgan fingerprint density at radius 1 is 1.27 bits per heavy atom. The van der Waals surface area contributed by atoms with Crippen molar-refractivity contribution in [3.05, 3.63) is 79.9 Å². The number of carbonyl (C=O) groups is 1. The fourth-order valence-corrected chi connectivity index (χ4v) is 2.91. The highest BCUT2D eigenvalue weighted by molar-refractivity contribution is 5.91. The quantitative estimate of drug-likeness (QED) is 0.259. The van der Waals surface area contributed by atoms with Gasteiger partial charge in [0, 0.05) is 31.5 Å². The van der Waals surface area contributed by atoms with E-state index >= 15 is 0 Å². The van der Waals surface area contributed by atoms with Crippen LogP contribution in [-0.2, 0) is 16.1 Å². The molecule has 2 heterocycles. The normalized spacial score (nSPS) is 10.7. The lowest BCUT2D eigenvalue weighted by atomic mass is 10.1. The summed E-state index contributed by atoms with van der Waals surface area (Å²) in [5.74, 6) is -0.757. The van der Waals surface area contributed by atoms with Crippen LogP contribution in [0.3, 0.4) is 0 Å². The summed E-state index contributed by atoms with van der Waals surface area (Å²) in [6.07, 6.45) is 0. The Morgan fingerprint density at radius 2 is 2.07 bits per heavy atom. The predicted octanol–water partition coefficient (Wildman–Crippen LogP) is 2.33. The number of anilines is 1. The number of pyridine rings is 1. The highest BCUT2D eigenvalue weighted by Gasteiger charge is 2.18. The van der Waals surface area contributed by atoms with E-state index < -0.39 is 10.9 Å². The Hall–Kier alpha value is -3.79. The van der Waals surface area contributed by atoms with Gasteiger partial charge in [-0.05, 0) is 31.2 Å². The molecule has 156 valence electrons. The third-order valence-corrected chi connectivity index (χ3v) is 4.34. The molecule has 0 radical (unpaired) electrons. The topological polar surface area (TPSA) is 125 Å². The van der Waals surface area contributed by atoms with Gasteiger partial charge >= 0.3 is 5.97 Å². The Labute approximate surface area is 171 Å². The van der Waals surface area contributed by atoms with Crippen molar-refractivity contribution in [1.29, 1.82) is 0 Å². The molecule has 0 saturated heterocycles. The molecule has 10 heteroatoms. The fraction of sp³-hybridized carbons (Fsp3) is 0.250. The number of nitro benzene ring substituents is 1. The monoisotopic (exact) mass is 412 g/mol. The molecule has 0 aliphatic carbocycles. The second-order valence-electron chi connectivity index (χ2n) is 6.43. The van der Waals surface area contributed by atoms with Crippen LogP contribution in [0, 0.1) is 17.0 Å². The maximum absolute atomic E-state index is 12.4. The molecule has 0 saturated carbocycles. The minimum Gasteiger partial charge on any atom is -0.456 e. The van der Waals surface area contributed by atoms with Gasteiger partial charge in [0.2, 0.25) is 0 Å². The summed E-state index contributed by atoms with van der Waals surface area (Å²) in [6, 6.07) is 10.5. The largest absolute Gasteiger partial charge is 0.456 e. The molecule has 0 unspecified atom stereocenters. The van der Waals surface area contributed by atoms with Crippen molar-refractivity contribution in [2.45, 2.75) is 13.5 Å². The van der Waals surface area contributed by atoms with Crippen molar-refractivity contribution < 1.29 is 19.2 Å². The summed E-state index contributed by atoms with van der Waals surface area (Å²) in [4.78, 5) is 39.7. The van der Waals surface area contributed by atoms with Crippen LogP contribution in [0.4, 0.5) is 11.4 Å². The Balaban J connectivity index is 1.76. The molecule has 1 aromatic carbocycles. The van der Waals surface area contributed by atoms with Crippen LogP contribution in [0.25, 0.3) is 5.65 Å². The van der Waals surface area contributed by atoms with Crippen molar-refractivity contribution in [3.8, 4) is 0 Å². The first-order valence-corrected chi connectivity index (χ1v) is 9.07. The van der Waals surface area contributed by atoms with Crippen LogP contribution >= 0.6 is 0 Å². The lowest BCUT2D eigenvalue weighted by Gasteiger charge is -2.09. The third kappa shape index (κ3) is 4.61. The number of ether oxygens (including phenoxy) is 2. The summed E-state index contributed by atoms with van der Waals surface area (Å²) in [5.41, 5.74) is 1.21. The van der Waals surface area contributed by atoms with Crippen LogP contribution in [0.2, 0.25) is 0 Å². The first-order chi connectivity index (χ1) is 14.4. The van der Waals surface area contributed by atoms with Gasteiger partial charge in [-0.2, -0.15) is 0 Å². The molecule has 0 spiro atoms. The Bertz CT molecular complexity index is 1160. The maximum atomic E-state index is 12.4. The van der Waals surface area contributed by atoms with Gasteiger partial charge in [-0.25, -0.2) is 9.78 Å². The van der Waals surface area contributed by atoms with Gasteiger partial charge in [0.15, 0.2) is 0 Å². The molecule has 0 aliphatic rings. The summed E-state index contributed by atoms with van der Waals surface area (Å²) in [6.45, 7) is 2.31. The van der Waals surface area contributed by atoms with E-state index in [1.165, 1.54) is 29.7 Å². The molecule has 0 atom stereocenters. The molecule has 2 aromatic heterocycles. The minimum absolute atomic E-state index is 0.0207. The molecule has 0 aliphatic heterocycles. The van der Waals surface area contributed by atoms with E-state index in [0.29, 0.717) is 18.8 Å². The summed E-state index contributed by atoms with van der Waals surface area (Å²) < 4.78 is 11.6. The lowest BCUT2D eigenvalue weighted by molar-refractivity contribution is -0.384. The van der Waals surface area contributed by atoms with E-state index in [-0.39, 0.29) is 34.8 Å². The van der Waals surface area contributed by atoms with Gasteiger partial charge in [0.1, 0.15) is 17.9 Å². The van der Waals surface area contributed by atoms with Gasteiger partial charge in [0.25, 0.3) is 11.2 Å². The number of esters is 1. The number of aryl methyl sites for hydroxylation is 1. The second-order valence-corrected chi connectivity index (χ2v) is 6.43. The molecule has 0 bridgehead atoms. The average Bonchev–Trinajstić information content (AvgIpc) is 2.72. The number of fused-ring (bicyclic) bond motifs is 1. The average molecular weight is 412 g/mol. The van der Waals surface area contributed by atoms with Crippen molar-refractivity contribution in [2.75, 3.05) is 25.6 Å². The van der Waals surface area contributed by atoms with E-state index in [9.17, 15) is 19.7 Å². The Morgan fingerprint density at radius 3 is 2.80 bits per heavy atom. The maximum Gasteiger partial charge on any atom is 0.338 e. The molecule has 1 N–H and O–H groups in total. The van der Waals surface area contributed by atoms with E-state index in [1.54, 1.807) is 25.1 Å². The summed E-state index contributed by atoms with van der Waals surface area (Å²) in [5, 5.41) is 14.2. The van der Waals surface area contributed by atoms with Crippen molar-refractivity contribution in [1.82, 2.24) is 9.38 Å². The highest BCUT2D eigenvalue weighted by Crippen LogP contribution is 2.26. The number of methoxy groups -OCH3 is 1. The number of nitrogens with zero attached hydrogens (tertiary/aromatic N) is 3. The van der Waals surface area contributed by atoms with Gasteiger partial charge in [0.05, 0.1) is 22.8 Å². The smallest absolute Gasteiger partial charge is 0.338 e. The standard InChI is InChI=1S/C20H20N4O6/c1-13-4-3-5-18-22-15(11-19(25)23(13)18)12-30-20(26)14-6-7-16(21-8-9-29-2)17(10-14)24(27)28/h3-7,10-11,21H,8-9,12H2,1-2H3. The van der Waals surface area contributed by atoms with Crippen LogP contribution in [0.1, 0.15) is 21.7 Å². The molecule has 0 fully saturated rings. The molecular weight excluding hydrogens is 392 g/mol. The molecule has 3 aromatic rings. The fourth-order valence-electron chi connectivity index (χ4n) is 2.91. The first kappa shape index (κ1) is 20.9. The van der Waals surface area contributed by atoms with Gasteiger partial charge in [-0.15, -0.1) is 0 Å². The number of benzene rings is 1. The van der Waals surface area contributed by atoms with E-state index in [0.717, 1.165) is 11.8 Å². The number of aromatic nitrogens is 2. The minimum atomic E-state index is -0.757. The van der Waals surface area contributed by atoms with Crippen molar-refractivity contribution in [3.63, 3.8) is 0 Å². The third-order valence-electron chi connectivity index (χ3n) is 4.34. The van der Waals surface area contributed by atoms with E-state index in [4.69, 9.17) is 9.47 Å². The van der Waals surface area contributed by atoms with E-state index in [2.05, 4.69) is 10.3 Å². The lowest BCUT2D eigenvalue weighted by Crippen LogP contribution is -2.18.